The molecule has 2 rings (SSSR count). The Bertz CT molecular complexity index is 531. The molecule has 1 heterocycles. The molecule has 0 aliphatic heterocycles. The Kier molecular flexibility index (Phi) is 5.17. The van der Waals surface area contributed by atoms with Crippen molar-refractivity contribution in [2.24, 2.45) is 0 Å². The van der Waals surface area contributed by atoms with Crippen LogP contribution in [0.4, 0.5) is 10.8 Å². The van der Waals surface area contributed by atoms with Crippen molar-refractivity contribution in [3.05, 3.63) is 30.3 Å². The van der Waals surface area contributed by atoms with Crippen LogP contribution < -0.4 is 5.32 Å². The van der Waals surface area contributed by atoms with E-state index in [9.17, 15) is 4.79 Å². The standard InChI is InChI=1S/C12H13N3O2S2/c1-17-10(16)7-8-18-12-15-14-11(19-12)13-9-5-3-2-4-6-9/h2-6H,7-8H2,1H3,(H,13,14). The molecule has 7 heteroatoms. The third kappa shape index (κ3) is 4.53. The highest BCUT2D eigenvalue weighted by Crippen LogP contribution is 2.27. The number of hydrogen-bond acceptors (Lipinski definition) is 7. The van der Waals surface area contributed by atoms with E-state index in [-0.39, 0.29) is 5.97 Å². The normalized spacial score (nSPS) is 10.2. The molecule has 0 saturated heterocycles. The average molecular weight is 295 g/mol. The second-order valence-electron chi connectivity index (χ2n) is 3.54. The predicted octanol–water partition coefficient (Wildman–Crippen LogP) is 2.94. The van der Waals surface area contributed by atoms with Gasteiger partial charge in [-0.15, -0.1) is 10.2 Å². The van der Waals surface area contributed by atoms with Crippen molar-refractivity contribution in [2.45, 2.75) is 10.8 Å². The van der Waals surface area contributed by atoms with Gasteiger partial charge in [0.1, 0.15) is 0 Å². The van der Waals surface area contributed by atoms with Crippen molar-refractivity contribution in [1.29, 1.82) is 0 Å². The number of aromatic nitrogens is 2. The fraction of sp³-hybridized carbons (Fsp3) is 0.250. The van der Waals surface area contributed by atoms with Gasteiger partial charge < -0.3 is 10.1 Å². The molecule has 1 aromatic carbocycles. The van der Waals surface area contributed by atoms with Crippen LogP contribution in [0.3, 0.4) is 0 Å². The molecule has 1 aromatic heterocycles. The van der Waals surface area contributed by atoms with E-state index < -0.39 is 0 Å². The van der Waals surface area contributed by atoms with Crippen LogP contribution in [-0.4, -0.2) is 29.0 Å². The van der Waals surface area contributed by atoms with Gasteiger partial charge in [-0.1, -0.05) is 41.3 Å². The Labute approximate surface area is 119 Å². The minimum absolute atomic E-state index is 0.209. The summed E-state index contributed by atoms with van der Waals surface area (Å²) in [5.74, 6) is 0.437. The number of hydrogen-bond donors (Lipinski definition) is 1. The second-order valence-corrected chi connectivity index (χ2v) is 5.86. The smallest absolute Gasteiger partial charge is 0.306 e. The largest absolute Gasteiger partial charge is 0.469 e. The number of rotatable bonds is 6. The molecule has 0 atom stereocenters. The average Bonchev–Trinajstić information content (AvgIpc) is 2.87. The minimum atomic E-state index is -0.209. The van der Waals surface area contributed by atoms with E-state index in [0.29, 0.717) is 12.2 Å². The van der Waals surface area contributed by atoms with Gasteiger partial charge in [0.15, 0.2) is 4.34 Å². The molecule has 0 fully saturated rings. The summed E-state index contributed by atoms with van der Waals surface area (Å²) in [7, 11) is 1.39. The number of methoxy groups -OCH3 is 1. The molecular weight excluding hydrogens is 282 g/mol. The van der Waals surface area contributed by atoms with Crippen molar-refractivity contribution < 1.29 is 9.53 Å². The molecule has 0 spiro atoms. The molecule has 0 bridgehead atoms. The number of anilines is 2. The van der Waals surface area contributed by atoms with E-state index in [1.165, 1.54) is 30.2 Å². The predicted molar refractivity (Wildman–Crippen MR) is 77.0 cm³/mol. The Morgan fingerprint density at radius 3 is 2.89 bits per heavy atom. The molecule has 100 valence electrons. The van der Waals surface area contributed by atoms with Gasteiger partial charge in [0.2, 0.25) is 5.13 Å². The lowest BCUT2D eigenvalue weighted by atomic mass is 10.3. The van der Waals surface area contributed by atoms with Crippen LogP contribution in [0.1, 0.15) is 6.42 Å². The van der Waals surface area contributed by atoms with Crippen molar-refractivity contribution in [3.8, 4) is 0 Å². The quantitative estimate of drug-likeness (QED) is 0.653. The number of esters is 1. The molecule has 0 aliphatic rings. The Balaban J connectivity index is 1.84. The number of nitrogens with one attached hydrogen (secondary N) is 1. The monoisotopic (exact) mass is 295 g/mol. The molecule has 2 aromatic rings. The summed E-state index contributed by atoms with van der Waals surface area (Å²) in [4.78, 5) is 11.0. The molecule has 0 unspecified atom stereocenters. The zero-order chi connectivity index (χ0) is 13.5. The van der Waals surface area contributed by atoms with E-state index in [2.05, 4.69) is 20.3 Å². The van der Waals surface area contributed by atoms with E-state index in [1.54, 1.807) is 0 Å². The Morgan fingerprint density at radius 2 is 2.16 bits per heavy atom. The summed E-state index contributed by atoms with van der Waals surface area (Å²) in [6, 6.07) is 9.79. The lowest BCUT2D eigenvalue weighted by molar-refractivity contribution is -0.140. The summed E-state index contributed by atoms with van der Waals surface area (Å²) in [5.41, 5.74) is 0.977. The highest BCUT2D eigenvalue weighted by atomic mass is 32.2. The molecule has 0 amide bonds. The lowest BCUT2D eigenvalue weighted by Gasteiger charge is -1.99. The maximum absolute atomic E-state index is 11.0. The van der Waals surface area contributed by atoms with Crippen LogP contribution in [-0.2, 0) is 9.53 Å². The van der Waals surface area contributed by atoms with Crippen molar-refractivity contribution >= 4 is 39.9 Å². The van der Waals surface area contributed by atoms with Gasteiger partial charge in [0, 0.05) is 11.4 Å². The molecular formula is C12H13N3O2S2. The first kappa shape index (κ1) is 13.8. The molecule has 0 aliphatic carbocycles. The molecule has 5 nitrogen and oxygen atoms in total. The fourth-order valence-corrected chi connectivity index (χ4v) is 3.05. The van der Waals surface area contributed by atoms with Crippen molar-refractivity contribution in [2.75, 3.05) is 18.2 Å². The molecule has 19 heavy (non-hydrogen) atoms. The number of para-hydroxylation sites is 1. The summed E-state index contributed by atoms with van der Waals surface area (Å²) >= 11 is 2.96. The van der Waals surface area contributed by atoms with Crippen molar-refractivity contribution in [3.63, 3.8) is 0 Å². The van der Waals surface area contributed by atoms with Gasteiger partial charge in [-0.3, -0.25) is 4.79 Å². The van der Waals surface area contributed by atoms with Crippen LogP contribution in [0.5, 0.6) is 0 Å². The highest BCUT2D eigenvalue weighted by Gasteiger charge is 2.06. The van der Waals surface area contributed by atoms with Gasteiger partial charge >= 0.3 is 5.97 Å². The number of benzene rings is 1. The summed E-state index contributed by atoms with van der Waals surface area (Å²) in [6.07, 6.45) is 0.377. The number of thioether (sulfide) groups is 1. The van der Waals surface area contributed by atoms with Crippen molar-refractivity contribution in [1.82, 2.24) is 10.2 Å². The number of nitrogens with zero attached hydrogens (tertiary/aromatic N) is 2. The molecule has 1 N–H and O–H groups in total. The summed E-state index contributed by atoms with van der Waals surface area (Å²) < 4.78 is 5.41. The first-order valence-electron chi connectivity index (χ1n) is 5.63. The first-order chi connectivity index (χ1) is 9.28. The third-order valence-electron chi connectivity index (χ3n) is 2.19. The summed E-state index contributed by atoms with van der Waals surface area (Å²) in [5, 5.41) is 12.0. The topological polar surface area (TPSA) is 64.1 Å². The molecule has 0 saturated carbocycles. The van der Waals surface area contributed by atoms with E-state index in [0.717, 1.165) is 15.2 Å². The van der Waals surface area contributed by atoms with Crippen LogP contribution in [0.25, 0.3) is 0 Å². The first-order valence-corrected chi connectivity index (χ1v) is 7.43. The minimum Gasteiger partial charge on any atom is -0.469 e. The SMILES string of the molecule is COC(=O)CCSc1nnc(Nc2ccccc2)s1. The van der Waals surface area contributed by atoms with Gasteiger partial charge in [-0.25, -0.2) is 0 Å². The van der Waals surface area contributed by atoms with Gasteiger partial charge in [-0.2, -0.15) is 0 Å². The van der Waals surface area contributed by atoms with Gasteiger partial charge in [-0.05, 0) is 12.1 Å². The van der Waals surface area contributed by atoms with E-state index >= 15 is 0 Å². The maximum atomic E-state index is 11.0. The van der Waals surface area contributed by atoms with E-state index in [1.807, 2.05) is 30.3 Å². The van der Waals surface area contributed by atoms with Gasteiger partial charge in [0.05, 0.1) is 13.5 Å². The van der Waals surface area contributed by atoms with Crippen LogP contribution in [0.15, 0.2) is 34.7 Å². The highest BCUT2D eigenvalue weighted by molar-refractivity contribution is 8.01. The van der Waals surface area contributed by atoms with Crippen LogP contribution in [0, 0.1) is 0 Å². The van der Waals surface area contributed by atoms with E-state index in [4.69, 9.17) is 0 Å². The lowest BCUT2D eigenvalue weighted by Crippen LogP contribution is -2.00. The van der Waals surface area contributed by atoms with Crippen LogP contribution >= 0.6 is 23.1 Å². The Morgan fingerprint density at radius 1 is 1.37 bits per heavy atom. The zero-order valence-corrected chi connectivity index (χ0v) is 12.0. The summed E-state index contributed by atoms with van der Waals surface area (Å²) in [6.45, 7) is 0. The Hall–Kier alpha value is -1.60. The number of carbonyl (C=O) groups is 1. The van der Waals surface area contributed by atoms with Crippen LogP contribution in [0.2, 0.25) is 0 Å². The number of carbonyl (C=O) groups excluding carboxylic acids is 1. The zero-order valence-electron chi connectivity index (χ0n) is 10.3. The fourth-order valence-electron chi connectivity index (χ4n) is 1.29. The third-order valence-corrected chi connectivity index (χ3v) is 4.16. The van der Waals surface area contributed by atoms with Gasteiger partial charge in [0.25, 0.3) is 0 Å². The molecule has 0 radical (unpaired) electrons. The number of ether oxygens (including phenoxy) is 1. The maximum Gasteiger partial charge on any atom is 0.306 e. The second kappa shape index (κ2) is 7.10.